The number of fused-ring (bicyclic) bond motifs is 1. The Morgan fingerprint density at radius 3 is 2.26 bits per heavy atom. The monoisotopic (exact) mass is 529 g/mol. The average Bonchev–Trinajstić information content (AvgIpc) is 2.77. The summed E-state index contributed by atoms with van der Waals surface area (Å²) in [7, 11) is 4.06. The van der Waals surface area contributed by atoms with Crippen molar-refractivity contribution >= 4 is 63.7 Å². The van der Waals surface area contributed by atoms with Crippen LogP contribution in [0.4, 0.5) is 11.4 Å². The summed E-state index contributed by atoms with van der Waals surface area (Å²) in [5.74, 6) is -0.231. The Morgan fingerprint density at radius 2 is 1.69 bits per heavy atom. The first-order valence-corrected chi connectivity index (χ1v) is 11.5. The standard InChI is InChI=1S/C27H25Cl2N3O2.ClH/c1-15-9-25-21(12-20(15)18-10-23(28)27(34)24(29)11-18)26(22(13-30-25)16(2)33)31-19-7-5-17(6-8-19)14-32(3)4;/h5-13,34H,14H2,1-4H3,(H,30,31);1H. The number of pyridine rings is 1. The molecule has 1 heterocycles. The first-order valence-electron chi connectivity index (χ1n) is 10.8. The van der Waals surface area contributed by atoms with Gasteiger partial charge in [0.2, 0.25) is 0 Å². The molecule has 0 bridgehead atoms. The summed E-state index contributed by atoms with van der Waals surface area (Å²) >= 11 is 12.4. The van der Waals surface area contributed by atoms with Gasteiger partial charge < -0.3 is 15.3 Å². The zero-order chi connectivity index (χ0) is 24.6. The Bertz CT molecular complexity index is 1380. The van der Waals surface area contributed by atoms with Gasteiger partial charge in [-0.15, -0.1) is 12.4 Å². The van der Waals surface area contributed by atoms with Crippen molar-refractivity contribution in [1.82, 2.24) is 9.88 Å². The van der Waals surface area contributed by atoms with E-state index in [1.807, 2.05) is 45.3 Å². The molecule has 4 aromatic rings. The van der Waals surface area contributed by atoms with Crippen LogP contribution in [-0.4, -0.2) is 34.9 Å². The number of rotatable bonds is 6. The van der Waals surface area contributed by atoms with Crippen molar-refractivity contribution in [2.75, 3.05) is 19.4 Å². The quantitative estimate of drug-likeness (QED) is 0.251. The molecule has 0 unspecified atom stereocenters. The smallest absolute Gasteiger partial charge is 0.163 e. The van der Waals surface area contributed by atoms with E-state index in [4.69, 9.17) is 23.2 Å². The number of benzene rings is 3. The maximum Gasteiger partial charge on any atom is 0.163 e. The number of halogens is 3. The molecular weight excluding hydrogens is 505 g/mol. The molecule has 0 fully saturated rings. The average molecular weight is 531 g/mol. The van der Waals surface area contributed by atoms with Crippen LogP contribution in [0.25, 0.3) is 22.0 Å². The molecule has 3 aromatic carbocycles. The SMILES string of the molecule is CC(=O)c1cnc2cc(C)c(-c3cc(Cl)c(O)c(Cl)c3)cc2c1Nc1ccc(CN(C)C)cc1.Cl. The molecule has 0 aliphatic carbocycles. The number of nitrogens with one attached hydrogen (secondary N) is 1. The maximum atomic E-state index is 12.5. The predicted molar refractivity (Wildman–Crippen MR) is 148 cm³/mol. The molecule has 35 heavy (non-hydrogen) atoms. The second kappa shape index (κ2) is 10.8. The van der Waals surface area contributed by atoms with Gasteiger partial charge in [-0.1, -0.05) is 35.3 Å². The summed E-state index contributed by atoms with van der Waals surface area (Å²) in [5, 5.41) is 14.6. The predicted octanol–water partition coefficient (Wildman–Crippen LogP) is 7.65. The van der Waals surface area contributed by atoms with Crippen molar-refractivity contribution in [3.05, 3.63) is 81.5 Å². The van der Waals surface area contributed by atoms with Crippen molar-refractivity contribution in [3.63, 3.8) is 0 Å². The number of phenols is 1. The number of phenolic OH excluding ortho intramolecular Hbond substituents is 1. The first-order chi connectivity index (χ1) is 16.1. The molecule has 0 saturated carbocycles. The number of hydrogen-bond acceptors (Lipinski definition) is 5. The second-order valence-electron chi connectivity index (χ2n) is 8.64. The lowest BCUT2D eigenvalue weighted by Crippen LogP contribution is -2.10. The van der Waals surface area contributed by atoms with Gasteiger partial charge in [-0.2, -0.15) is 0 Å². The van der Waals surface area contributed by atoms with Gasteiger partial charge in [-0.25, -0.2) is 0 Å². The highest BCUT2D eigenvalue weighted by Gasteiger charge is 2.17. The molecule has 0 saturated heterocycles. The number of ketones is 1. The van der Waals surface area contributed by atoms with Crippen molar-refractivity contribution in [3.8, 4) is 16.9 Å². The van der Waals surface area contributed by atoms with E-state index < -0.39 is 0 Å². The minimum Gasteiger partial charge on any atom is -0.505 e. The normalized spacial score (nSPS) is 10.9. The number of anilines is 2. The van der Waals surface area contributed by atoms with E-state index in [0.717, 1.165) is 39.8 Å². The summed E-state index contributed by atoms with van der Waals surface area (Å²) in [5.41, 5.74) is 6.62. The highest BCUT2D eigenvalue weighted by Crippen LogP contribution is 2.40. The number of Topliss-reactive ketones (excluding diaryl/α,β-unsaturated/α-hetero) is 1. The second-order valence-corrected chi connectivity index (χ2v) is 9.45. The van der Waals surface area contributed by atoms with Crippen LogP contribution in [0.15, 0.2) is 54.7 Å². The van der Waals surface area contributed by atoms with Crippen molar-refractivity contribution in [1.29, 1.82) is 0 Å². The molecule has 2 N–H and O–H groups in total. The van der Waals surface area contributed by atoms with Gasteiger partial charge in [0.15, 0.2) is 11.5 Å². The minimum atomic E-state index is -0.147. The number of nitrogens with zero attached hydrogens (tertiary/aromatic N) is 2. The maximum absolute atomic E-state index is 12.5. The van der Waals surface area contributed by atoms with E-state index in [1.165, 1.54) is 12.5 Å². The largest absolute Gasteiger partial charge is 0.505 e. The van der Waals surface area contributed by atoms with Crippen LogP contribution in [0.3, 0.4) is 0 Å². The molecule has 8 heteroatoms. The molecule has 5 nitrogen and oxygen atoms in total. The van der Waals surface area contributed by atoms with Crippen LogP contribution in [0.5, 0.6) is 5.75 Å². The summed E-state index contributed by atoms with van der Waals surface area (Å²) < 4.78 is 0. The molecule has 0 spiro atoms. The van der Waals surface area contributed by atoms with E-state index in [1.54, 1.807) is 18.3 Å². The lowest BCUT2D eigenvalue weighted by molar-refractivity contribution is 0.101. The minimum absolute atomic E-state index is 0. The Kier molecular flexibility index (Phi) is 8.29. The van der Waals surface area contributed by atoms with Crippen LogP contribution >= 0.6 is 35.6 Å². The Hall–Kier alpha value is -2.83. The van der Waals surface area contributed by atoms with Gasteiger partial charge in [0.25, 0.3) is 0 Å². The van der Waals surface area contributed by atoms with E-state index in [-0.39, 0.29) is 34.0 Å². The van der Waals surface area contributed by atoms with Crippen LogP contribution in [0, 0.1) is 6.92 Å². The number of carbonyl (C=O) groups is 1. The van der Waals surface area contributed by atoms with Crippen LogP contribution < -0.4 is 5.32 Å². The third kappa shape index (κ3) is 5.71. The summed E-state index contributed by atoms with van der Waals surface area (Å²) in [4.78, 5) is 19.1. The molecule has 0 atom stereocenters. The number of aromatic nitrogens is 1. The zero-order valence-electron chi connectivity index (χ0n) is 19.8. The van der Waals surface area contributed by atoms with Gasteiger partial charge >= 0.3 is 0 Å². The Morgan fingerprint density at radius 1 is 1.06 bits per heavy atom. The van der Waals surface area contributed by atoms with Gasteiger partial charge in [0.1, 0.15) is 0 Å². The van der Waals surface area contributed by atoms with Crippen LogP contribution in [0.1, 0.15) is 28.4 Å². The molecule has 0 aliphatic rings. The van der Waals surface area contributed by atoms with E-state index >= 15 is 0 Å². The highest BCUT2D eigenvalue weighted by atomic mass is 35.5. The molecule has 0 radical (unpaired) electrons. The molecule has 0 amide bonds. The number of aromatic hydroxyl groups is 1. The molecule has 4 rings (SSSR count). The highest BCUT2D eigenvalue weighted by molar-refractivity contribution is 6.37. The fourth-order valence-electron chi connectivity index (χ4n) is 3.98. The Labute approximate surface area is 221 Å². The fourth-order valence-corrected chi connectivity index (χ4v) is 4.47. The number of hydrogen-bond donors (Lipinski definition) is 2. The van der Waals surface area contributed by atoms with E-state index in [9.17, 15) is 9.90 Å². The fraction of sp³-hybridized carbons (Fsp3) is 0.185. The number of carbonyl (C=O) groups excluding carboxylic acids is 1. The summed E-state index contributed by atoms with van der Waals surface area (Å²) in [6.07, 6.45) is 1.61. The molecule has 0 aliphatic heterocycles. The van der Waals surface area contributed by atoms with Crippen LogP contribution in [0.2, 0.25) is 10.0 Å². The van der Waals surface area contributed by atoms with E-state index in [0.29, 0.717) is 11.3 Å². The lowest BCUT2D eigenvalue weighted by Gasteiger charge is -2.17. The van der Waals surface area contributed by atoms with Gasteiger partial charge in [0, 0.05) is 23.8 Å². The third-order valence-electron chi connectivity index (χ3n) is 5.64. The van der Waals surface area contributed by atoms with Crippen molar-refractivity contribution < 1.29 is 9.90 Å². The number of aryl methyl sites for hydroxylation is 1. The zero-order valence-corrected chi connectivity index (χ0v) is 22.1. The van der Waals surface area contributed by atoms with Gasteiger partial charge in [-0.05, 0) is 86.6 Å². The summed E-state index contributed by atoms with van der Waals surface area (Å²) in [6, 6.07) is 15.4. The molecule has 1 aromatic heterocycles. The van der Waals surface area contributed by atoms with Crippen molar-refractivity contribution in [2.24, 2.45) is 0 Å². The van der Waals surface area contributed by atoms with Gasteiger partial charge in [-0.3, -0.25) is 9.78 Å². The molecule has 182 valence electrons. The van der Waals surface area contributed by atoms with Gasteiger partial charge in [0.05, 0.1) is 26.8 Å². The van der Waals surface area contributed by atoms with Crippen molar-refractivity contribution in [2.45, 2.75) is 20.4 Å². The third-order valence-corrected chi connectivity index (χ3v) is 6.22. The Balaban J connectivity index is 0.00000342. The molecular formula is C27H26Cl3N3O2. The van der Waals surface area contributed by atoms with E-state index in [2.05, 4.69) is 27.3 Å². The first kappa shape index (κ1) is 26.8. The lowest BCUT2D eigenvalue weighted by atomic mass is 9.96. The summed E-state index contributed by atoms with van der Waals surface area (Å²) in [6.45, 7) is 4.35. The topological polar surface area (TPSA) is 65.5 Å². The van der Waals surface area contributed by atoms with Crippen LogP contribution in [-0.2, 0) is 6.54 Å².